The summed E-state index contributed by atoms with van der Waals surface area (Å²) in [5, 5.41) is 10.3. The van der Waals surface area contributed by atoms with Crippen LogP contribution in [0.4, 0.5) is 0 Å². The maximum absolute atomic E-state index is 10.3. The van der Waals surface area contributed by atoms with Gasteiger partial charge in [0.05, 0.1) is 0 Å². The van der Waals surface area contributed by atoms with E-state index in [0.29, 0.717) is 12.4 Å². The first-order valence-corrected chi connectivity index (χ1v) is 6.68. The Morgan fingerprint density at radius 1 is 1.22 bits per heavy atom. The van der Waals surface area contributed by atoms with Crippen LogP contribution in [0.1, 0.15) is 15.9 Å². The van der Waals surface area contributed by atoms with E-state index in [1.807, 2.05) is 43.3 Å². The van der Waals surface area contributed by atoms with Crippen LogP contribution in [0.3, 0.4) is 0 Å². The molecule has 94 valence electrons. The molecular formula is C14H14O3S. The molecule has 1 aromatic heterocycles. The van der Waals surface area contributed by atoms with Gasteiger partial charge in [0.2, 0.25) is 0 Å². The van der Waals surface area contributed by atoms with Gasteiger partial charge < -0.3 is 14.6 Å². The number of hydrogen-bond acceptors (Lipinski definition) is 4. The van der Waals surface area contributed by atoms with E-state index in [1.165, 1.54) is 4.88 Å². The Morgan fingerprint density at radius 2 is 2.00 bits per heavy atom. The van der Waals surface area contributed by atoms with E-state index in [9.17, 15) is 5.11 Å². The maximum Gasteiger partial charge on any atom is 0.163 e. The molecule has 3 nitrogen and oxygen atoms in total. The van der Waals surface area contributed by atoms with Crippen LogP contribution in [-0.2, 0) is 0 Å². The lowest BCUT2D eigenvalue weighted by Crippen LogP contribution is -2.34. The summed E-state index contributed by atoms with van der Waals surface area (Å²) in [7, 11) is 0. The number of benzene rings is 1. The minimum atomic E-state index is -0.642. The number of aryl methyl sites for hydroxylation is 1. The van der Waals surface area contributed by atoms with Gasteiger partial charge in [-0.3, -0.25) is 0 Å². The molecule has 1 aliphatic rings. The number of aliphatic hydroxyl groups excluding tert-OH is 1. The average Bonchev–Trinajstić information content (AvgIpc) is 2.84. The topological polar surface area (TPSA) is 38.7 Å². The van der Waals surface area contributed by atoms with E-state index in [2.05, 4.69) is 0 Å². The second-order valence-electron chi connectivity index (χ2n) is 4.31. The van der Waals surface area contributed by atoms with E-state index in [0.717, 1.165) is 10.6 Å². The van der Waals surface area contributed by atoms with Gasteiger partial charge in [-0.1, -0.05) is 12.1 Å². The number of hydrogen-bond donors (Lipinski definition) is 1. The minimum Gasteiger partial charge on any atom is -0.486 e. The van der Waals surface area contributed by atoms with Crippen molar-refractivity contribution >= 4 is 11.3 Å². The summed E-state index contributed by atoms with van der Waals surface area (Å²) in [4.78, 5) is 2.10. The highest BCUT2D eigenvalue weighted by atomic mass is 32.1. The summed E-state index contributed by atoms with van der Waals surface area (Å²) in [5.74, 6) is 1.43. The Kier molecular flexibility index (Phi) is 2.97. The van der Waals surface area contributed by atoms with Gasteiger partial charge in [-0.15, -0.1) is 11.3 Å². The standard InChI is InChI=1S/C14H14O3S/c1-9-6-7-13(18-9)14(15)12-8-16-10-4-2-3-5-11(10)17-12/h2-7,12,14-15H,8H2,1H3. The number of thiophene rings is 1. The van der Waals surface area contributed by atoms with Crippen LogP contribution in [0.5, 0.6) is 11.5 Å². The lowest BCUT2D eigenvalue weighted by atomic mass is 10.1. The maximum atomic E-state index is 10.3. The predicted octanol–water partition coefficient (Wildman–Crippen LogP) is 2.93. The van der Waals surface area contributed by atoms with E-state index in [-0.39, 0.29) is 6.10 Å². The summed E-state index contributed by atoms with van der Waals surface area (Å²) in [5.41, 5.74) is 0. The summed E-state index contributed by atoms with van der Waals surface area (Å²) in [6, 6.07) is 11.5. The molecule has 0 bridgehead atoms. The zero-order valence-corrected chi connectivity index (χ0v) is 10.8. The zero-order valence-electron chi connectivity index (χ0n) is 10.00. The average molecular weight is 262 g/mol. The quantitative estimate of drug-likeness (QED) is 0.904. The molecule has 0 amide bonds. The third-order valence-electron chi connectivity index (χ3n) is 2.94. The number of para-hydroxylation sites is 2. The third kappa shape index (κ3) is 2.09. The molecule has 1 aliphatic heterocycles. The predicted molar refractivity (Wildman–Crippen MR) is 70.4 cm³/mol. The molecule has 2 atom stereocenters. The molecule has 1 N–H and O–H groups in total. The normalized spacial score (nSPS) is 19.6. The number of rotatable bonds is 2. The summed E-state index contributed by atoms with van der Waals surface area (Å²) >= 11 is 1.59. The Balaban J connectivity index is 1.79. The number of ether oxygens (including phenoxy) is 2. The van der Waals surface area contributed by atoms with Crippen LogP contribution in [-0.4, -0.2) is 17.8 Å². The molecule has 0 aliphatic carbocycles. The molecule has 18 heavy (non-hydrogen) atoms. The van der Waals surface area contributed by atoms with Crippen LogP contribution in [0.15, 0.2) is 36.4 Å². The smallest absolute Gasteiger partial charge is 0.163 e. The van der Waals surface area contributed by atoms with Crippen molar-refractivity contribution in [2.75, 3.05) is 6.61 Å². The van der Waals surface area contributed by atoms with Crippen molar-refractivity contribution in [2.45, 2.75) is 19.1 Å². The van der Waals surface area contributed by atoms with Gasteiger partial charge in [0.1, 0.15) is 12.7 Å². The SMILES string of the molecule is Cc1ccc(C(O)C2COc3ccccc3O2)s1. The van der Waals surface area contributed by atoms with Crippen molar-refractivity contribution in [3.05, 3.63) is 46.2 Å². The highest BCUT2D eigenvalue weighted by Gasteiger charge is 2.29. The Labute approximate surface area is 110 Å². The summed E-state index contributed by atoms with van der Waals surface area (Å²) in [6.07, 6.45) is -0.991. The van der Waals surface area contributed by atoms with E-state index in [4.69, 9.17) is 9.47 Å². The van der Waals surface area contributed by atoms with Gasteiger partial charge in [0.15, 0.2) is 17.6 Å². The van der Waals surface area contributed by atoms with Crippen LogP contribution in [0.25, 0.3) is 0 Å². The van der Waals surface area contributed by atoms with Crippen LogP contribution in [0, 0.1) is 6.92 Å². The fraction of sp³-hybridized carbons (Fsp3) is 0.286. The third-order valence-corrected chi connectivity index (χ3v) is 4.01. The molecule has 2 heterocycles. The first-order chi connectivity index (χ1) is 8.74. The van der Waals surface area contributed by atoms with Gasteiger partial charge in [-0.05, 0) is 31.2 Å². The second kappa shape index (κ2) is 4.63. The lowest BCUT2D eigenvalue weighted by Gasteiger charge is -2.29. The Hall–Kier alpha value is -1.52. The van der Waals surface area contributed by atoms with Gasteiger partial charge in [0, 0.05) is 9.75 Å². The molecule has 0 spiro atoms. The number of aliphatic hydroxyl groups is 1. The fourth-order valence-corrected chi connectivity index (χ4v) is 2.90. The molecule has 1 aromatic carbocycles. The van der Waals surface area contributed by atoms with E-state index >= 15 is 0 Å². The highest BCUT2D eigenvalue weighted by molar-refractivity contribution is 7.12. The summed E-state index contributed by atoms with van der Waals surface area (Å²) < 4.78 is 11.4. The van der Waals surface area contributed by atoms with E-state index in [1.54, 1.807) is 11.3 Å². The van der Waals surface area contributed by atoms with E-state index < -0.39 is 6.10 Å². The molecule has 2 unspecified atom stereocenters. The molecule has 0 fully saturated rings. The molecule has 3 rings (SSSR count). The zero-order chi connectivity index (χ0) is 12.5. The lowest BCUT2D eigenvalue weighted by molar-refractivity contribution is -0.00959. The molecule has 0 saturated heterocycles. The van der Waals surface area contributed by atoms with Gasteiger partial charge >= 0.3 is 0 Å². The molecule has 0 radical (unpaired) electrons. The first-order valence-electron chi connectivity index (χ1n) is 5.87. The summed E-state index contributed by atoms with van der Waals surface area (Å²) in [6.45, 7) is 2.39. The van der Waals surface area contributed by atoms with Gasteiger partial charge in [-0.25, -0.2) is 0 Å². The molecule has 0 saturated carbocycles. The highest BCUT2D eigenvalue weighted by Crippen LogP contribution is 2.35. The minimum absolute atomic E-state index is 0.349. The molecule has 4 heteroatoms. The Bertz CT molecular complexity index is 549. The largest absolute Gasteiger partial charge is 0.486 e. The van der Waals surface area contributed by atoms with Crippen molar-refractivity contribution < 1.29 is 14.6 Å². The van der Waals surface area contributed by atoms with Crippen molar-refractivity contribution in [1.29, 1.82) is 0 Å². The van der Waals surface area contributed by atoms with Crippen LogP contribution < -0.4 is 9.47 Å². The second-order valence-corrected chi connectivity index (χ2v) is 5.63. The number of fused-ring (bicyclic) bond motifs is 1. The van der Waals surface area contributed by atoms with Gasteiger partial charge in [-0.2, -0.15) is 0 Å². The Morgan fingerprint density at radius 3 is 2.72 bits per heavy atom. The van der Waals surface area contributed by atoms with Crippen LogP contribution >= 0.6 is 11.3 Å². The molecule has 2 aromatic rings. The van der Waals surface area contributed by atoms with Crippen LogP contribution in [0.2, 0.25) is 0 Å². The van der Waals surface area contributed by atoms with Crippen molar-refractivity contribution in [3.63, 3.8) is 0 Å². The monoisotopic (exact) mass is 262 g/mol. The first kappa shape index (κ1) is 11.6. The van der Waals surface area contributed by atoms with Crippen molar-refractivity contribution in [2.24, 2.45) is 0 Å². The van der Waals surface area contributed by atoms with Gasteiger partial charge in [0.25, 0.3) is 0 Å². The van der Waals surface area contributed by atoms with Crippen molar-refractivity contribution in [1.82, 2.24) is 0 Å². The molecular weight excluding hydrogens is 248 g/mol. The van der Waals surface area contributed by atoms with Crippen molar-refractivity contribution in [3.8, 4) is 11.5 Å². The fourth-order valence-electron chi connectivity index (χ4n) is 1.99.